The molecule has 1 aliphatic carbocycles. The van der Waals surface area contributed by atoms with Crippen LogP contribution in [0.25, 0.3) is 0 Å². The van der Waals surface area contributed by atoms with Crippen LogP contribution in [0.2, 0.25) is 0 Å². The lowest BCUT2D eigenvalue weighted by Gasteiger charge is -2.30. The molecule has 1 fully saturated rings. The smallest absolute Gasteiger partial charge is 0.252 e. The molecule has 1 amide bonds. The van der Waals surface area contributed by atoms with Crippen LogP contribution in [0.5, 0.6) is 0 Å². The molecule has 2 aromatic rings. The Hall–Kier alpha value is -2.68. The first kappa shape index (κ1) is 22.0. The van der Waals surface area contributed by atoms with Crippen LogP contribution in [0.4, 0.5) is 11.8 Å². The molecule has 9 heteroatoms. The summed E-state index contributed by atoms with van der Waals surface area (Å²) in [5.74, 6) is 1.15. The lowest BCUT2D eigenvalue weighted by atomic mass is 9.91. The summed E-state index contributed by atoms with van der Waals surface area (Å²) >= 11 is 0. The van der Waals surface area contributed by atoms with E-state index in [1.54, 1.807) is 18.2 Å². The lowest BCUT2D eigenvalue weighted by molar-refractivity contribution is 0.0923. The largest absolute Gasteiger partial charge is 0.362 e. The highest BCUT2D eigenvalue weighted by atomic mass is 32.2. The third-order valence-electron chi connectivity index (χ3n) is 5.30. The van der Waals surface area contributed by atoms with E-state index < -0.39 is 9.84 Å². The molecule has 30 heavy (non-hydrogen) atoms. The molecule has 0 aliphatic heterocycles. The maximum atomic E-state index is 12.7. The molecule has 0 spiro atoms. The van der Waals surface area contributed by atoms with Gasteiger partial charge in [-0.15, -0.1) is 0 Å². The monoisotopic (exact) mass is 431 g/mol. The number of amides is 1. The molecule has 0 bridgehead atoms. The van der Waals surface area contributed by atoms with Crippen LogP contribution in [-0.4, -0.2) is 56.7 Å². The normalized spacial score (nSPS) is 19.2. The second kappa shape index (κ2) is 8.99. The zero-order valence-electron chi connectivity index (χ0n) is 17.8. The number of benzene rings is 1. The first-order chi connectivity index (χ1) is 14.1. The zero-order valence-corrected chi connectivity index (χ0v) is 18.7. The molecule has 1 aromatic carbocycles. The molecule has 8 nitrogen and oxygen atoms in total. The highest BCUT2D eigenvalue weighted by Gasteiger charge is 2.25. The first-order valence-corrected chi connectivity index (χ1v) is 11.9. The third kappa shape index (κ3) is 5.27. The van der Waals surface area contributed by atoms with E-state index in [-0.39, 0.29) is 28.4 Å². The predicted molar refractivity (Wildman–Crippen MR) is 118 cm³/mol. The summed E-state index contributed by atoms with van der Waals surface area (Å²) in [6, 6.07) is 6.57. The van der Waals surface area contributed by atoms with Crippen LogP contribution in [0.3, 0.4) is 0 Å². The van der Waals surface area contributed by atoms with Crippen molar-refractivity contribution in [1.29, 1.82) is 0 Å². The topological polar surface area (TPSA) is 104 Å². The van der Waals surface area contributed by atoms with Gasteiger partial charge in [-0.05, 0) is 44.7 Å². The van der Waals surface area contributed by atoms with Gasteiger partial charge in [0.2, 0.25) is 5.95 Å². The summed E-state index contributed by atoms with van der Waals surface area (Å²) in [4.78, 5) is 23.7. The van der Waals surface area contributed by atoms with Crippen molar-refractivity contribution in [3.8, 4) is 0 Å². The molecule has 0 unspecified atom stereocenters. The van der Waals surface area contributed by atoms with Gasteiger partial charge in [0.15, 0.2) is 9.84 Å². The second-order valence-electron chi connectivity index (χ2n) is 8.03. The number of aromatic nitrogens is 2. The number of hydrogen-bond donors (Lipinski definition) is 2. The van der Waals surface area contributed by atoms with E-state index in [1.165, 1.54) is 6.07 Å². The molecule has 0 radical (unpaired) electrons. The minimum Gasteiger partial charge on any atom is -0.362 e. The van der Waals surface area contributed by atoms with E-state index in [0.717, 1.165) is 43.3 Å². The minimum atomic E-state index is -3.46. The van der Waals surface area contributed by atoms with Crippen LogP contribution >= 0.6 is 0 Å². The Labute approximate surface area is 178 Å². The van der Waals surface area contributed by atoms with Crippen molar-refractivity contribution < 1.29 is 13.2 Å². The van der Waals surface area contributed by atoms with Crippen LogP contribution in [-0.2, 0) is 9.84 Å². The minimum absolute atomic E-state index is 0.0134. The fraction of sp³-hybridized carbons (Fsp3) is 0.476. The third-order valence-corrected chi connectivity index (χ3v) is 6.45. The number of nitrogens with zero attached hydrogens (tertiary/aromatic N) is 3. The second-order valence-corrected chi connectivity index (χ2v) is 10.0. The molecule has 1 heterocycles. The first-order valence-electron chi connectivity index (χ1n) is 10.0. The Balaban J connectivity index is 1.58. The van der Waals surface area contributed by atoms with Crippen molar-refractivity contribution in [2.45, 2.75) is 49.6 Å². The summed E-state index contributed by atoms with van der Waals surface area (Å²) < 4.78 is 23.9. The number of anilines is 2. The van der Waals surface area contributed by atoms with E-state index in [4.69, 9.17) is 0 Å². The molecule has 3 rings (SSSR count). The van der Waals surface area contributed by atoms with E-state index >= 15 is 0 Å². The van der Waals surface area contributed by atoms with Gasteiger partial charge in [0, 0.05) is 44.2 Å². The highest BCUT2D eigenvalue weighted by molar-refractivity contribution is 7.90. The van der Waals surface area contributed by atoms with Crippen LogP contribution < -0.4 is 15.5 Å². The van der Waals surface area contributed by atoms with Crippen LogP contribution in [0, 0.1) is 6.92 Å². The molecule has 0 atom stereocenters. The van der Waals surface area contributed by atoms with Crippen molar-refractivity contribution in [1.82, 2.24) is 15.3 Å². The zero-order chi connectivity index (χ0) is 21.9. The van der Waals surface area contributed by atoms with Gasteiger partial charge < -0.3 is 15.5 Å². The predicted octanol–water partition coefficient (Wildman–Crippen LogP) is 2.41. The van der Waals surface area contributed by atoms with Crippen LogP contribution in [0.1, 0.15) is 41.6 Å². The fourth-order valence-electron chi connectivity index (χ4n) is 3.76. The van der Waals surface area contributed by atoms with Crippen molar-refractivity contribution in [2.24, 2.45) is 0 Å². The number of aryl methyl sites for hydroxylation is 1. The Morgan fingerprint density at radius 1 is 1.10 bits per heavy atom. The number of hydrogen-bond acceptors (Lipinski definition) is 7. The molecular formula is C21H29N5O3S. The maximum Gasteiger partial charge on any atom is 0.252 e. The van der Waals surface area contributed by atoms with Crippen molar-refractivity contribution >= 4 is 27.5 Å². The Morgan fingerprint density at radius 3 is 2.37 bits per heavy atom. The number of carbonyl (C=O) groups is 1. The van der Waals surface area contributed by atoms with Crippen LogP contribution in [0.15, 0.2) is 35.4 Å². The summed E-state index contributed by atoms with van der Waals surface area (Å²) in [5, 5.41) is 6.39. The fourth-order valence-corrected chi connectivity index (χ4v) is 4.65. The summed E-state index contributed by atoms with van der Waals surface area (Å²) in [7, 11) is 0.443. The van der Waals surface area contributed by atoms with E-state index in [9.17, 15) is 13.2 Å². The summed E-state index contributed by atoms with van der Waals surface area (Å²) in [6.07, 6.45) is 6.27. The number of nitrogens with one attached hydrogen (secondary N) is 2. The van der Waals surface area contributed by atoms with Gasteiger partial charge in [-0.25, -0.2) is 13.4 Å². The lowest BCUT2D eigenvalue weighted by Crippen LogP contribution is -2.40. The van der Waals surface area contributed by atoms with Gasteiger partial charge in [0.05, 0.1) is 10.5 Å². The summed E-state index contributed by atoms with van der Waals surface area (Å²) in [5.41, 5.74) is 1.22. The standard InChI is InChI=1S/C21H29N5O3S/c1-14-13-22-21(25-19(14)26(2)3)24-16-11-9-15(10-12-16)23-20(27)17-7-5-6-8-18(17)30(4,28)29/h5-8,13,15-16H,9-12H2,1-4H3,(H,23,27)(H,22,24,25)/t15-,16+. The van der Waals surface area contributed by atoms with Gasteiger partial charge in [0.25, 0.3) is 5.91 Å². The average Bonchev–Trinajstić information content (AvgIpc) is 2.70. The molecular weight excluding hydrogens is 402 g/mol. The van der Waals surface area contributed by atoms with Crippen molar-refractivity contribution in [3.63, 3.8) is 0 Å². The van der Waals surface area contributed by atoms with E-state index in [1.807, 2.05) is 32.1 Å². The molecule has 1 aliphatic rings. The Morgan fingerprint density at radius 2 is 1.73 bits per heavy atom. The van der Waals surface area contributed by atoms with Crippen molar-refractivity contribution in [2.75, 3.05) is 30.6 Å². The molecule has 162 valence electrons. The summed E-state index contributed by atoms with van der Waals surface area (Å²) in [6.45, 7) is 1.98. The maximum absolute atomic E-state index is 12.7. The van der Waals surface area contributed by atoms with Crippen molar-refractivity contribution in [3.05, 3.63) is 41.6 Å². The molecule has 1 saturated carbocycles. The Kier molecular flexibility index (Phi) is 6.60. The molecule has 2 N–H and O–H groups in total. The van der Waals surface area contributed by atoms with Gasteiger partial charge in [-0.2, -0.15) is 4.98 Å². The number of rotatable bonds is 6. The van der Waals surface area contributed by atoms with Gasteiger partial charge in [-0.1, -0.05) is 12.1 Å². The number of carbonyl (C=O) groups excluding carboxylic acids is 1. The van der Waals surface area contributed by atoms with Gasteiger partial charge >= 0.3 is 0 Å². The molecule has 0 saturated heterocycles. The Bertz CT molecular complexity index is 1020. The highest BCUT2D eigenvalue weighted by Crippen LogP contribution is 2.23. The quantitative estimate of drug-likeness (QED) is 0.724. The van der Waals surface area contributed by atoms with E-state index in [2.05, 4.69) is 20.6 Å². The SMILES string of the molecule is Cc1cnc(N[C@H]2CC[C@@H](NC(=O)c3ccccc3S(C)(=O)=O)CC2)nc1N(C)C. The number of sulfone groups is 1. The van der Waals surface area contributed by atoms with Gasteiger partial charge in [0.1, 0.15) is 5.82 Å². The molecule has 1 aromatic heterocycles. The average molecular weight is 432 g/mol. The van der Waals surface area contributed by atoms with Gasteiger partial charge in [-0.3, -0.25) is 4.79 Å². The van der Waals surface area contributed by atoms with E-state index in [0.29, 0.717) is 5.95 Å².